The van der Waals surface area contributed by atoms with Gasteiger partial charge in [-0.2, -0.15) is 0 Å². The molecule has 2 rings (SSSR count). The van der Waals surface area contributed by atoms with Crippen molar-refractivity contribution < 1.29 is 23.7 Å². The lowest BCUT2D eigenvalue weighted by Crippen LogP contribution is -2.35. The lowest BCUT2D eigenvalue weighted by atomic mass is 10.2. The van der Waals surface area contributed by atoms with Crippen LogP contribution in [-0.4, -0.2) is 22.9 Å². The minimum Gasteiger partial charge on any atom is -0.467 e. The van der Waals surface area contributed by atoms with Gasteiger partial charge >= 0.3 is 5.97 Å². The van der Waals surface area contributed by atoms with Crippen LogP contribution in [-0.2, 0) is 16.1 Å². The average Bonchev–Trinajstić information content (AvgIpc) is 3.05. The summed E-state index contributed by atoms with van der Waals surface area (Å²) in [4.78, 5) is 34.2. The Hall–Kier alpha value is -2.87. The van der Waals surface area contributed by atoms with Gasteiger partial charge in [0.2, 0.25) is 0 Å². The number of furan rings is 1. The van der Waals surface area contributed by atoms with Crippen molar-refractivity contribution in [2.45, 2.75) is 19.6 Å². The average molecular weight is 353 g/mol. The molecule has 0 fully saturated rings. The van der Waals surface area contributed by atoms with Crippen LogP contribution in [0.25, 0.3) is 0 Å². The molecule has 0 aliphatic rings. The molecule has 24 heavy (non-hydrogen) atoms. The van der Waals surface area contributed by atoms with Gasteiger partial charge in [-0.15, -0.1) is 0 Å². The molecule has 1 aromatic carbocycles. The minimum absolute atomic E-state index is 0.130. The number of carbonyl (C=O) groups excluding carboxylic acids is 2. The van der Waals surface area contributed by atoms with Crippen LogP contribution in [0.3, 0.4) is 0 Å². The molecule has 126 valence electrons. The first-order chi connectivity index (χ1) is 11.4. The van der Waals surface area contributed by atoms with Crippen molar-refractivity contribution in [1.82, 2.24) is 5.32 Å². The maximum absolute atomic E-state index is 12.1. The molecular formula is C15H13ClN2O6. The Kier molecular flexibility index (Phi) is 5.54. The fourth-order valence-corrected chi connectivity index (χ4v) is 2.01. The zero-order chi connectivity index (χ0) is 17.7. The molecule has 9 heteroatoms. The molecule has 1 heterocycles. The van der Waals surface area contributed by atoms with Crippen LogP contribution in [0.2, 0.25) is 5.02 Å². The summed E-state index contributed by atoms with van der Waals surface area (Å²) < 4.78 is 10.0. The summed E-state index contributed by atoms with van der Waals surface area (Å²) in [7, 11) is 0. The highest BCUT2D eigenvalue weighted by Crippen LogP contribution is 2.23. The maximum Gasteiger partial charge on any atom is 0.345 e. The van der Waals surface area contributed by atoms with Crippen molar-refractivity contribution in [1.29, 1.82) is 0 Å². The first-order valence-corrected chi connectivity index (χ1v) is 7.21. The van der Waals surface area contributed by atoms with Gasteiger partial charge in [-0.05, 0) is 31.2 Å². The van der Waals surface area contributed by atoms with Crippen molar-refractivity contribution in [2.75, 3.05) is 0 Å². The number of benzene rings is 1. The lowest BCUT2D eigenvalue weighted by Gasteiger charge is -2.13. The summed E-state index contributed by atoms with van der Waals surface area (Å²) >= 11 is 5.75. The van der Waals surface area contributed by atoms with Crippen LogP contribution in [0.4, 0.5) is 5.69 Å². The van der Waals surface area contributed by atoms with E-state index in [1.807, 2.05) is 0 Å². The number of rotatable bonds is 6. The van der Waals surface area contributed by atoms with Gasteiger partial charge in [0.15, 0.2) is 6.10 Å². The molecule has 0 aliphatic heterocycles. The maximum atomic E-state index is 12.1. The third kappa shape index (κ3) is 4.32. The standard InChI is InChI=1S/C15H13ClN2O6/c1-9(14(19)17-8-11-3-2-6-23-11)24-15(20)12-7-10(16)4-5-13(12)18(21)22/h2-7,9H,8H2,1H3,(H,17,19). The molecule has 0 bridgehead atoms. The summed E-state index contributed by atoms with van der Waals surface area (Å²) in [6.07, 6.45) is 0.314. The highest BCUT2D eigenvalue weighted by atomic mass is 35.5. The molecule has 2 aromatic rings. The molecule has 0 spiro atoms. The predicted octanol–water partition coefficient (Wildman–Crippen LogP) is 2.70. The number of amides is 1. The van der Waals surface area contributed by atoms with E-state index in [4.69, 9.17) is 20.8 Å². The van der Waals surface area contributed by atoms with Crippen LogP contribution >= 0.6 is 11.6 Å². The zero-order valence-electron chi connectivity index (χ0n) is 12.5. The van der Waals surface area contributed by atoms with Gasteiger partial charge in [0.1, 0.15) is 11.3 Å². The van der Waals surface area contributed by atoms with E-state index >= 15 is 0 Å². The summed E-state index contributed by atoms with van der Waals surface area (Å²) in [6, 6.07) is 6.85. The second-order valence-electron chi connectivity index (χ2n) is 4.76. The highest BCUT2D eigenvalue weighted by Gasteiger charge is 2.25. The monoisotopic (exact) mass is 352 g/mol. The largest absolute Gasteiger partial charge is 0.467 e. The lowest BCUT2D eigenvalue weighted by molar-refractivity contribution is -0.385. The first-order valence-electron chi connectivity index (χ1n) is 6.83. The van der Waals surface area contributed by atoms with E-state index in [0.29, 0.717) is 5.76 Å². The Morgan fingerprint density at radius 1 is 1.42 bits per heavy atom. The molecular weight excluding hydrogens is 340 g/mol. The van der Waals surface area contributed by atoms with E-state index in [2.05, 4.69) is 5.32 Å². The van der Waals surface area contributed by atoms with Crippen LogP contribution in [0.1, 0.15) is 23.0 Å². The SMILES string of the molecule is CC(OC(=O)c1cc(Cl)ccc1[N+](=O)[O-])C(=O)NCc1ccco1. The van der Waals surface area contributed by atoms with Crippen molar-refractivity contribution in [3.8, 4) is 0 Å². The normalized spacial score (nSPS) is 11.6. The van der Waals surface area contributed by atoms with Gasteiger partial charge < -0.3 is 14.5 Å². The number of nitro benzene ring substituents is 1. The number of carbonyl (C=O) groups is 2. The van der Waals surface area contributed by atoms with Gasteiger partial charge in [0.05, 0.1) is 17.7 Å². The first kappa shape index (κ1) is 17.5. The summed E-state index contributed by atoms with van der Waals surface area (Å²) in [5.41, 5.74) is -0.772. The smallest absolute Gasteiger partial charge is 0.345 e. The van der Waals surface area contributed by atoms with Gasteiger partial charge in [0.25, 0.3) is 11.6 Å². The predicted molar refractivity (Wildman–Crippen MR) is 83.5 cm³/mol. The van der Waals surface area contributed by atoms with Gasteiger partial charge in [-0.3, -0.25) is 14.9 Å². The molecule has 8 nitrogen and oxygen atoms in total. The fraction of sp³-hybridized carbons (Fsp3) is 0.200. The number of nitro groups is 1. The van der Waals surface area contributed by atoms with Crippen molar-refractivity contribution in [3.63, 3.8) is 0 Å². The second-order valence-corrected chi connectivity index (χ2v) is 5.20. The van der Waals surface area contributed by atoms with Crippen LogP contribution in [0.15, 0.2) is 41.0 Å². The Labute approximate surface area is 141 Å². The summed E-state index contributed by atoms with van der Waals surface area (Å²) in [5, 5.41) is 13.6. The minimum atomic E-state index is -1.15. The van der Waals surface area contributed by atoms with E-state index in [1.165, 1.54) is 19.3 Å². The van der Waals surface area contributed by atoms with E-state index < -0.39 is 28.6 Å². The highest BCUT2D eigenvalue weighted by molar-refractivity contribution is 6.31. The Morgan fingerprint density at radius 2 is 2.17 bits per heavy atom. The summed E-state index contributed by atoms with van der Waals surface area (Å²) in [6.45, 7) is 1.48. The van der Waals surface area contributed by atoms with Gasteiger partial charge in [-0.25, -0.2) is 4.79 Å². The number of halogens is 1. The van der Waals surface area contributed by atoms with Crippen LogP contribution in [0.5, 0.6) is 0 Å². The number of ether oxygens (including phenoxy) is 1. The third-order valence-corrected chi connectivity index (χ3v) is 3.28. The van der Waals surface area contributed by atoms with Crippen LogP contribution < -0.4 is 5.32 Å². The molecule has 0 aliphatic carbocycles. The zero-order valence-corrected chi connectivity index (χ0v) is 13.3. The van der Waals surface area contributed by atoms with E-state index in [-0.39, 0.29) is 17.1 Å². The van der Waals surface area contributed by atoms with Gasteiger partial charge in [0, 0.05) is 11.1 Å². The molecule has 1 amide bonds. The number of hydrogen-bond donors (Lipinski definition) is 1. The second kappa shape index (κ2) is 7.60. The van der Waals surface area contributed by atoms with Crippen molar-refractivity contribution in [2.24, 2.45) is 0 Å². The number of nitrogens with one attached hydrogen (secondary N) is 1. The van der Waals surface area contributed by atoms with Crippen LogP contribution in [0, 0.1) is 10.1 Å². The Morgan fingerprint density at radius 3 is 2.79 bits per heavy atom. The van der Waals surface area contributed by atoms with Gasteiger partial charge in [-0.1, -0.05) is 11.6 Å². The third-order valence-electron chi connectivity index (χ3n) is 3.05. The van der Waals surface area contributed by atoms with E-state index in [0.717, 1.165) is 12.1 Å². The van der Waals surface area contributed by atoms with Crippen molar-refractivity contribution in [3.05, 3.63) is 63.1 Å². The Bertz CT molecular complexity index is 759. The molecule has 0 radical (unpaired) electrons. The Balaban J connectivity index is 2.02. The molecule has 1 unspecified atom stereocenters. The molecule has 1 aromatic heterocycles. The molecule has 0 saturated heterocycles. The number of hydrogen-bond acceptors (Lipinski definition) is 6. The van der Waals surface area contributed by atoms with Crippen molar-refractivity contribution >= 4 is 29.2 Å². The van der Waals surface area contributed by atoms with E-state index in [1.54, 1.807) is 12.1 Å². The fourth-order valence-electron chi connectivity index (χ4n) is 1.84. The molecule has 0 saturated carbocycles. The summed E-state index contributed by atoms with van der Waals surface area (Å²) in [5.74, 6) is -1.04. The number of nitrogens with zero attached hydrogens (tertiary/aromatic N) is 1. The number of esters is 1. The quantitative estimate of drug-likeness (QED) is 0.486. The molecule has 1 N–H and O–H groups in total. The molecule has 1 atom stereocenters. The topological polar surface area (TPSA) is 112 Å². The van der Waals surface area contributed by atoms with E-state index in [9.17, 15) is 19.7 Å².